The second-order valence-corrected chi connectivity index (χ2v) is 10.9. The highest BCUT2D eigenvalue weighted by molar-refractivity contribution is 7.22. The number of para-hydroxylation sites is 1. The highest BCUT2D eigenvalue weighted by Crippen LogP contribution is 2.32. The number of hydrogen-bond acceptors (Lipinski definition) is 10. The number of nitrogen functional groups attached to an aromatic ring is 1. The van der Waals surface area contributed by atoms with Crippen LogP contribution < -0.4 is 11.1 Å². The number of aromatic amines is 1. The molecule has 0 bridgehead atoms. The van der Waals surface area contributed by atoms with E-state index in [1.807, 2.05) is 42.5 Å². The van der Waals surface area contributed by atoms with Crippen LogP contribution in [0.2, 0.25) is 0 Å². The molecule has 15 heteroatoms. The first-order chi connectivity index (χ1) is 20.4. The molecule has 4 N–H and O–H groups in total. The molecule has 6 rings (SSSR count). The Morgan fingerprint density at radius 1 is 1.26 bits per heavy atom. The number of piperazine rings is 1. The Labute approximate surface area is 244 Å². The average Bonchev–Trinajstić information content (AvgIpc) is 3.73. The molecule has 2 aromatic carbocycles. The van der Waals surface area contributed by atoms with Crippen molar-refractivity contribution in [2.24, 2.45) is 0 Å². The number of nitrogens with zero attached hydrogens (tertiary/aromatic N) is 8. The van der Waals surface area contributed by atoms with Gasteiger partial charge in [0.15, 0.2) is 5.13 Å². The van der Waals surface area contributed by atoms with Gasteiger partial charge < -0.3 is 20.9 Å². The summed E-state index contributed by atoms with van der Waals surface area (Å²) in [5.74, 6) is 2.48. The van der Waals surface area contributed by atoms with Gasteiger partial charge in [-0.05, 0) is 22.4 Å². The largest absolute Gasteiger partial charge is 0.375 e. The molecular formula is C27H27N11O3S. The number of hydrazine groups is 1. The van der Waals surface area contributed by atoms with Gasteiger partial charge in [0, 0.05) is 25.6 Å². The molecule has 0 saturated carbocycles. The molecule has 2 aliphatic heterocycles. The molecule has 2 fully saturated rings. The van der Waals surface area contributed by atoms with Crippen molar-refractivity contribution in [1.82, 2.24) is 50.7 Å². The van der Waals surface area contributed by atoms with Crippen molar-refractivity contribution in [2.45, 2.75) is 25.2 Å². The molecule has 2 aromatic heterocycles. The lowest BCUT2D eigenvalue weighted by atomic mass is 9.99. The molecule has 4 aromatic rings. The van der Waals surface area contributed by atoms with Gasteiger partial charge in [-0.3, -0.25) is 9.59 Å². The predicted molar refractivity (Wildman–Crippen MR) is 154 cm³/mol. The van der Waals surface area contributed by atoms with E-state index in [9.17, 15) is 14.4 Å². The van der Waals surface area contributed by atoms with E-state index in [-0.39, 0.29) is 44.4 Å². The van der Waals surface area contributed by atoms with Gasteiger partial charge in [-0.1, -0.05) is 53.7 Å². The maximum Gasteiger partial charge on any atom is 0.332 e. The topological polar surface area (TPSA) is 170 Å². The van der Waals surface area contributed by atoms with Gasteiger partial charge in [0.1, 0.15) is 12.2 Å². The Morgan fingerprint density at radius 2 is 2.07 bits per heavy atom. The van der Waals surface area contributed by atoms with Crippen LogP contribution in [0.4, 0.5) is 9.93 Å². The zero-order valence-corrected chi connectivity index (χ0v) is 23.4. The zero-order chi connectivity index (χ0) is 29.4. The van der Waals surface area contributed by atoms with Crippen molar-refractivity contribution >= 4 is 44.5 Å². The molecule has 2 saturated heterocycles. The van der Waals surface area contributed by atoms with Crippen LogP contribution >= 0.6 is 11.3 Å². The van der Waals surface area contributed by atoms with Crippen LogP contribution in [0.25, 0.3) is 21.6 Å². The first kappa shape index (κ1) is 27.1. The molecule has 214 valence electrons. The van der Waals surface area contributed by atoms with Gasteiger partial charge >= 0.3 is 6.03 Å². The van der Waals surface area contributed by atoms with E-state index in [0.717, 1.165) is 26.9 Å². The van der Waals surface area contributed by atoms with Gasteiger partial charge in [0.05, 0.1) is 29.9 Å². The Kier molecular flexibility index (Phi) is 7.15. The fraction of sp³-hybridized carbons (Fsp3) is 0.296. The first-order valence-corrected chi connectivity index (χ1v) is 14.0. The number of tetrazole rings is 1. The van der Waals surface area contributed by atoms with Crippen LogP contribution in [-0.4, -0.2) is 102 Å². The number of hydrogen-bond donors (Lipinski definition) is 3. The first-order valence-electron chi connectivity index (χ1n) is 13.1. The molecule has 42 heavy (non-hydrogen) atoms. The van der Waals surface area contributed by atoms with Crippen LogP contribution in [0, 0.1) is 12.3 Å². The summed E-state index contributed by atoms with van der Waals surface area (Å²) >= 11 is 1.38. The molecule has 4 heterocycles. The molecule has 14 nitrogen and oxygen atoms in total. The number of aromatic nitrogens is 5. The van der Waals surface area contributed by atoms with Crippen molar-refractivity contribution in [3.63, 3.8) is 0 Å². The molecule has 0 radical (unpaired) electrons. The Hall–Kier alpha value is -5.07. The van der Waals surface area contributed by atoms with Crippen molar-refractivity contribution < 1.29 is 14.4 Å². The maximum atomic E-state index is 14.1. The number of anilines is 1. The molecule has 4 amide bonds. The molecule has 2 aliphatic rings. The second kappa shape index (κ2) is 11.1. The fourth-order valence-corrected chi connectivity index (χ4v) is 6.32. The number of terminal acetylenes is 1. The lowest BCUT2D eigenvalue weighted by molar-refractivity contribution is -0.157. The highest BCUT2D eigenvalue weighted by atomic mass is 32.1. The number of thiazole rings is 1. The van der Waals surface area contributed by atoms with Gasteiger partial charge in [0.2, 0.25) is 17.6 Å². The Bertz CT molecular complexity index is 1680. The lowest BCUT2D eigenvalue weighted by Crippen LogP contribution is -2.66. The molecule has 0 aliphatic carbocycles. The number of H-pyrrole nitrogens is 1. The van der Waals surface area contributed by atoms with Crippen LogP contribution in [-0.2, 0) is 22.6 Å². The maximum absolute atomic E-state index is 14.1. The third-order valence-corrected chi connectivity index (χ3v) is 8.28. The molecule has 2 atom stereocenters. The predicted octanol–water partition coefficient (Wildman–Crippen LogP) is 0.672. The minimum absolute atomic E-state index is 0.0368. The minimum atomic E-state index is -0.811. The normalized spacial score (nSPS) is 18.8. The van der Waals surface area contributed by atoms with Crippen molar-refractivity contribution in [3.8, 4) is 23.7 Å². The van der Waals surface area contributed by atoms with Crippen LogP contribution in [0.5, 0.6) is 0 Å². The number of fused-ring (bicyclic) bond motifs is 2. The summed E-state index contributed by atoms with van der Waals surface area (Å²) in [7, 11) is 1.50. The number of carbonyl (C=O) groups excluding carboxylic acids is 3. The number of nitrogens with one attached hydrogen (secondary N) is 2. The number of carbonyl (C=O) groups is 3. The summed E-state index contributed by atoms with van der Waals surface area (Å²) in [5, 5.41) is 20.1. The zero-order valence-electron chi connectivity index (χ0n) is 22.6. The number of rotatable bonds is 7. The molecule has 0 spiro atoms. The fourth-order valence-electron chi connectivity index (χ4n) is 5.54. The number of urea groups is 1. The van der Waals surface area contributed by atoms with Gasteiger partial charge in [-0.2, -0.15) is 10.2 Å². The monoisotopic (exact) mass is 585 g/mol. The van der Waals surface area contributed by atoms with E-state index >= 15 is 0 Å². The summed E-state index contributed by atoms with van der Waals surface area (Å²) in [6.07, 6.45) is 5.24. The lowest BCUT2D eigenvalue weighted by Gasteiger charge is -2.46. The van der Waals surface area contributed by atoms with E-state index in [4.69, 9.17) is 12.2 Å². The summed E-state index contributed by atoms with van der Waals surface area (Å²) in [6.45, 7) is 0.303. The van der Waals surface area contributed by atoms with Gasteiger partial charge in [-0.15, -0.1) is 16.6 Å². The SMILES string of the molecule is C#CCN(C(=O)NC)N1CC(=O)N2[C@@H](Cc3ccc(-c4nn[nH]n4)cc3)C(=O)N(Cc3cccc4sc(N)nc34)C[C@@H]21. The van der Waals surface area contributed by atoms with E-state index in [1.54, 1.807) is 14.8 Å². The highest BCUT2D eigenvalue weighted by Gasteiger charge is 2.52. The summed E-state index contributed by atoms with van der Waals surface area (Å²) in [4.78, 5) is 48.2. The quantitative estimate of drug-likeness (QED) is 0.264. The van der Waals surface area contributed by atoms with Gasteiger partial charge in [0.25, 0.3) is 0 Å². The third kappa shape index (κ3) is 4.86. The second-order valence-electron chi connectivity index (χ2n) is 9.88. The Balaban J connectivity index is 1.35. The Morgan fingerprint density at radius 3 is 2.79 bits per heavy atom. The molecular weight excluding hydrogens is 558 g/mol. The third-order valence-electron chi connectivity index (χ3n) is 7.43. The smallest absolute Gasteiger partial charge is 0.332 e. The summed E-state index contributed by atoms with van der Waals surface area (Å²) < 4.78 is 0.923. The van der Waals surface area contributed by atoms with E-state index < -0.39 is 18.2 Å². The summed E-state index contributed by atoms with van der Waals surface area (Å²) in [5.41, 5.74) is 9.16. The number of amides is 4. The van der Waals surface area contributed by atoms with E-state index in [2.05, 4.69) is 36.8 Å². The number of nitrogens with two attached hydrogens (primary N) is 1. The standard InChI is InChI=1S/C27H27N11O3S/c1-3-11-36(27(41)29-2)37-15-22(39)38-19(12-16-7-9-17(10-8-16)24-31-33-34-32-24)25(40)35(14-21(37)38)13-18-5-4-6-20-23(18)30-26(28)42-20/h1,4-10,19,21H,11-15H2,2H3,(H2,28,30)(H,29,41)(H,31,32,33,34)/t19-,21+/m0/s1. The average molecular weight is 586 g/mol. The van der Waals surface area contributed by atoms with Crippen LogP contribution in [0.3, 0.4) is 0 Å². The number of benzene rings is 2. The van der Waals surface area contributed by atoms with E-state index in [1.165, 1.54) is 23.4 Å². The van der Waals surface area contributed by atoms with Crippen molar-refractivity contribution in [1.29, 1.82) is 0 Å². The van der Waals surface area contributed by atoms with Crippen LogP contribution in [0.1, 0.15) is 11.1 Å². The van der Waals surface area contributed by atoms with Crippen molar-refractivity contribution in [3.05, 3.63) is 53.6 Å². The van der Waals surface area contributed by atoms with Gasteiger partial charge in [-0.25, -0.2) is 14.8 Å². The molecule has 0 unspecified atom stereocenters. The van der Waals surface area contributed by atoms with E-state index in [0.29, 0.717) is 11.0 Å². The summed E-state index contributed by atoms with van der Waals surface area (Å²) in [6, 6.07) is 11.9. The minimum Gasteiger partial charge on any atom is -0.375 e. The van der Waals surface area contributed by atoms with Crippen LogP contribution in [0.15, 0.2) is 42.5 Å². The van der Waals surface area contributed by atoms with Crippen molar-refractivity contribution in [2.75, 3.05) is 32.4 Å².